The first kappa shape index (κ1) is 18.9. The Morgan fingerprint density at radius 3 is 2.39 bits per heavy atom. The van der Waals surface area contributed by atoms with E-state index in [1.165, 1.54) is 42.5 Å². The fraction of sp³-hybridized carbons (Fsp3) is 0.375. The van der Waals surface area contributed by atoms with Gasteiger partial charge in [0.2, 0.25) is 15.9 Å². The molecule has 1 amide bonds. The zero-order valence-electron chi connectivity index (χ0n) is 13.2. The number of nitrogens with zero attached hydrogens (tertiary/aromatic N) is 1. The Hall–Kier alpha value is -2.17. The van der Waals surface area contributed by atoms with Crippen molar-refractivity contribution in [3.8, 4) is 12.3 Å². The molecule has 1 rings (SSSR count). The van der Waals surface area contributed by atoms with Crippen LogP contribution in [-0.2, 0) is 14.8 Å². The lowest BCUT2D eigenvalue weighted by Crippen LogP contribution is -2.29. The fourth-order valence-corrected chi connectivity index (χ4v) is 3.07. The highest BCUT2D eigenvalue weighted by Gasteiger charge is 2.20. The average molecular weight is 336 g/mol. The third kappa shape index (κ3) is 5.51. The van der Waals surface area contributed by atoms with E-state index in [0.717, 1.165) is 0 Å². The number of rotatable bonds is 8. The summed E-state index contributed by atoms with van der Waals surface area (Å²) in [5.74, 6) is 1.96. The Morgan fingerprint density at radius 1 is 1.26 bits per heavy atom. The second-order valence-electron chi connectivity index (χ2n) is 4.99. The lowest BCUT2D eigenvalue weighted by Gasteiger charge is -2.17. The van der Waals surface area contributed by atoms with E-state index in [4.69, 9.17) is 6.42 Å². The van der Waals surface area contributed by atoms with Crippen LogP contribution < -0.4 is 5.32 Å². The van der Waals surface area contributed by atoms with E-state index >= 15 is 0 Å². The number of benzene rings is 1. The summed E-state index contributed by atoms with van der Waals surface area (Å²) >= 11 is 0. The molecule has 124 valence electrons. The summed E-state index contributed by atoms with van der Waals surface area (Å²) in [5.41, 5.74) is 0.455. The molecule has 0 bridgehead atoms. The summed E-state index contributed by atoms with van der Waals surface area (Å²) in [6.07, 6.45) is 5.62. The number of carbonyl (C=O) groups excluding carboxylic acids is 2. The van der Waals surface area contributed by atoms with Crippen molar-refractivity contribution in [2.24, 2.45) is 0 Å². The zero-order valence-corrected chi connectivity index (χ0v) is 14.0. The minimum absolute atomic E-state index is 0.113. The van der Waals surface area contributed by atoms with Crippen LogP contribution >= 0.6 is 0 Å². The molecular weight excluding hydrogens is 316 g/mol. The van der Waals surface area contributed by atoms with Gasteiger partial charge < -0.3 is 5.32 Å². The summed E-state index contributed by atoms with van der Waals surface area (Å²) in [7, 11) is -2.19. The van der Waals surface area contributed by atoms with Crippen molar-refractivity contribution in [2.45, 2.75) is 24.7 Å². The smallest absolute Gasteiger partial charge is 0.242 e. The monoisotopic (exact) mass is 336 g/mol. The van der Waals surface area contributed by atoms with Gasteiger partial charge in [-0.25, -0.2) is 12.7 Å². The van der Waals surface area contributed by atoms with Crippen LogP contribution in [0.1, 0.15) is 30.1 Å². The number of nitrogens with one attached hydrogen (secondary N) is 1. The molecule has 6 nitrogen and oxygen atoms in total. The number of hydrogen-bond donors (Lipinski definition) is 1. The molecule has 0 aliphatic carbocycles. The van der Waals surface area contributed by atoms with E-state index in [1.807, 2.05) is 0 Å². The van der Waals surface area contributed by atoms with Crippen LogP contribution in [0.2, 0.25) is 0 Å². The van der Waals surface area contributed by atoms with Crippen molar-refractivity contribution in [1.82, 2.24) is 9.62 Å². The molecule has 23 heavy (non-hydrogen) atoms. The topological polar surface area (TPSA) is 83.6 Å². The number of ketones is 1. The number of terminal acetylenes is 1. The van der Waals surface area contributed by atoms with Gasteiger partial charge in [-0.3, -0.25) is 9.59 Å². The van der Waals surface area contributed by atoms with Crippen LogP contribution in [0.4, 0.5) is 0 Å². The Morgan fingerprint density at radius 2 is 1.87 bits per heavy atom. The Labute approximate surface area is 136 Å². The van der Waals surface area contributed by atoms with Crippen molar-refractivity contribution >= 4 is 21.7 Å². The third-order valence-electron chi connectivity index (χ3n) is 3.23. The maximum Gasteiger partial charge on any atom is 0.242 e. The van der Waals surface area contributed by atoms with Gasteiger partial charge in [-0.05, 0) is 25.5 Å². The van der Waals surface area contributed by atoms with Crippen molar-refractivity contribution in [3.05, 3.63) is 29.8 Å². The Bertz CT molecular complexity index is 703. The zero-order chi connectivity index (χ0) is 17.5. The lowest BCUT2D eigenvalue weighted by molar-refractivity contribution is -0.120. The summed E-state index contributed by atoms with van der Waals surface area (Å²) in [6, 6.07) is 5.77. The fourth-order valence-electron chi connectivity index (χ4n) is 1.86. The van der Waals surface area contributed by atoms with Gasteiger partial charge in [0.1, 0.15) is 0 Å². The Kier molecular flexibility index (Phi) is 6.94. The van der Waals surface area contributed by atoms with Crippen LogP contribution in [0.15, 0.2) is 29.2 Å². The van der Waals surface area contributed by atoms with Gasteiger partial charge >= 0.3 is 0 Å². The average Bonchev–Trinajstić information content (AvgIpc) is 2.52. The summed E-state index contributed by atoms with van der Waals surface area (Å²) < 4.78 is 25.9. The molecule has 0 fully saturated rings. The molecule has 0 spiro atoms. The number of sulfonamides is 1. The number of carbonyl (C=O) groups is 2. The molecule has 0 radical (unpaired) electrons. The van der Waals surface area contributed by atoms with Crippen molar-refractivity contribution in [1.29, 1.82) is 0 Å². The molecule has 0 saturated carbocycles. The molecule has 7 heteroatoms. The largest absolute Gasteiger partial charge is 0.345 e. The molecule has 0 unspecified atom stereocenters. The van der Waals surface area contributed by atoms with Crippen LogP contribution in [0.25, 0.3) is 0 Å². The van der Waals surface area contributed by atoms with E-state index in [1.54, 1.807) is 0 Å². The molecular formula is C16H20N2O4S. The quantitative estimate of drug-likeness (QED) is 0.568. The Balaban J connectivity index is 2.63. The summed E-state index contributed by atoms with van der Waals surface area (Å²) in [4.78, 5) is 22.7. The van der Waals surface area contributed by atoms with Crippen molar-refractivity contribution in [3.63, 3.8) is 0 Å². The van der Waals surface area contributed by atoms with E-state index in [2.05, 4.69) is 11.2 Å². The first-order valence-corrected chi connectivity index (χ1v) is 8.50. The molecule has 0 saturated heterocycles. The predicted octanol–water partition coefficient (Wildman–Crippen LogP) is 1.04. The maximum absolute atomic E-state index is 12.4. The molecule has 1 N–H and O–H groups in total. The molecule has 0 heterocycles. The van der Waals surface area contributed by atoms with Crippen LogP contribution in [0, 0.1) is 12.3 Å². The highest BCUT2D eigenvalue weighted by Crippen LogP contribution is 2.16. The molecule has 0 aliphatic heterocycles. The SMILES string of the molecule is C#CCNC(=O)CCCN(C)S(=O)(=O)c1ccc(C(C)=O)cc1. The highest BCUT2D eigenvalue weighted by molar-refractivity contribution is 7.89. The minimum Gasteiger partial charge on any atom is -0.345 e. The van der Waals surface area contributed by atoms with E-state index in [9.17, 15) is 18.0 Å². The van der Waals surface area contributed by atoms with Gasteiger partial charge in [0.25, 0.3) is 0 Å². The van der Waals surface area contributed by atoms with Gasteiger partial charge in [-0.2, -0.15) is 0 Å². The summed E-state index contributed by atoms with van der Waals surface area (Å²) in [5, 5.41) is 2.52. The van der Waals surface area contributed by atoms with Gasteiger partial charge in [-0.1, -0.05) is 18.1 Å². The molecule has 1 aromatic rings. The second kappa shape index (κ2) is 8.46. The van der Waals surface area contributed by atoms with Crippen molar-refractivity contribution < 1.29 is 18.0 Å². The van der Waals surface area contributed by atoms with E-state index in [0.29, 0.717) is 12.0 Å². The van der Waals surface area contributed by atoms with Crippen LogP contribution in [0.3, 0.4) is 0 Å². The van der Waals surface area contributed by atoms with Gasteiger partial charge in [0, 0.05) is 25.6 Å². The van der Waals surface area contributed by atoms with Gasteiger partial charge in [-0.15, -0.1) is 6.42 Å². The molecule has 0 atom stereocenters. The second-order valence-corrected chi connectivity index (χ2v) is 7.04. The molecule has 0 aromatic heterocycles. The highest BCUT2D eigenvalue weighted by atomic mass is 32.2. The van der Waals surface area contributed by atoms with Crippen LogP contribution in [0.5, 0.6) is 0 Å². The number of Topliss-reactive ketones (excluding diaryl/α,β-unsaturated/α-hetero) is 1. The predicted molar refractivity (Wildman–Crippen MR) is 87.3 cm³/mol. The summed E-state index contributed by atoms with van der Waals surface area (Å²) in [6.45, 7) is 1.79. The number of amides is 1. The first-order chi connectivity index (χ1) is 10.8. The third-order valence-corrected chi connectivity index (χ3v) is 5.10. The van der Waals surface area contributed by atoms with E-state index in [-0.39, 0.29) is 36.1 Å². The lowest BCUT2D eigenvalue weighted by atomic mass is 10.2. The number of hydrogen-bond acceptors (Lipinski definition) is 4. The van der Waals surface area contributed by atoms with E-state index < -0.39 is 10.0 Å². The normalized spacial score (nSPS) is 11.0. The first-order valence-electron chi connectivity index (χ1n) is 7.06. The van der Waals surface area contributed by atoms with Crippen molar-refractivity contribution in [2.75, 3.05) is 20.1 Å². The standard InChI is InChI=1S/C16H20N2O4S/c1-4-11-17-16(20)6-5-12-18(3)23(21,22)15-9-7-14(8-10-15)13(2)19/h1,7-10H,5-6,11-12H2,2-3H3,(H,17,20). The molecule has 1 aromatic carbocycles. The van der Waals surface area contributed by atoms with Gasteiger partial charge in [0.15, 0.2) is 5.78 Å². The molecule has 0 aliphatic rings. The van der Waals surface area contributed by atoms with Crippen LogP contribution in [-0.4, -0.2) is 44.6 Å². The maximum atomic E-state index is 12.4. The van der Waals surface area contributed by atoms with Gasteiger partial charge in [0.05, 0.1) is 11.4 Å². The minimum atomic E-state index is -3.64.